The van der Waals surface area contributed by atoms with E-state index >= 15 is 0 Å². The molecule has 1 heterocycles. The Hall–Kier alpha value is -1.37. The van der Waals surface area contributed by atoms with Crippen LogP contribution in [-0.4, -0.2) is 21.6 Å². The van der Waals surface area contributed by atoms with Gasteiger partial charge in [-0.2, -0.15) is 0 Å². The number of rotatable bonds is 4. The fourth-order valence-electron chi connectivity index (χ4n) is 2.12. The van der Waals surface area contributed by atoms with Crippen LogP contribution in [0.3, 0.4) is 0 Å². The van der Waals surface area contributed by atoms with Gasteiger partial charge in [0.1, 0.15) is 11.6 Å². The molecule has 2 aromatic rings. The maximum atomic E-state index is 9.38. The molecule has 1 aliphatic carbocycles. The fourth-order valence-corrected chi connectivity index (χ4v) is 2.99. The molecular formula is C15H16IN3O. The maximum absolute atomic E-state index is 9.38. The second-order valence-electron chi connectivity index (χ2n) is 4.95. The summed E-state index contributed by atoms with van der Waals surface area (Å²) in [5.41, 5.74) is 2.08. The van der Waals surface area contributed by atoms with Gasteiger partial charge < -0.3 is 10.4 Å². The predicted octanol–water partition coefficient (Wildman–Crippen LogP) is 3.76. The predicted molar refractivity (Wildman–Crippen MR) is 88.0 cm³/mol. The van der Waals surface area contributed by atoms with Gasteiger partial charge in [0, 0.05) is 18.0 Å². The summed E-state index contributed by atoms with van der Waals surface area (Å²) in [6.07, 6.45) is 2.43. The largest absolute Gasteiger partial charge is 0.508 e. The summed E-state index contributed by atoms with van der Waals surface area (Å²) in [6.45, 7) is 2.90. The van der Waals surface area contributed by atoms with Crippen LogP contribution in [0.25, 0.3) is 11.4 Å². The van der Waals surface area contributed by atoms with E-state index in [0.29, 0.717) is 5.92 Å². The van der Waals surface area contributed by atoms with Gasteiger partial charge in [0.25, 0.3) is 0 Å². The third kappa shape index (κ3) is 2.72. The highest BCUT2D eigenvalue weighted by Crippen LogP contribution is 2.42. The number of nitrogens with one attached hydrogen (secondary N) is 1. The van der Waals surface area contributed by atoms with Crippen molar-refractivity contribution >= 4 is 28.4 Å². The summed E-state index contributed by atoms with van der Waals surface area (Å²) in [5, 5.41) is 12.7. The molecule has 1 aliphatic rings. The zero-order valence-electron chi connectivity index (χ0n) is 11.2. The van der Waals surface area contributed by atoms with E-state index in [-0.39, 0.29) is 5.75 Å². The molecule has 0 bridgehead atoms. The lowest BCUT2D eigenvalue weighted by Crippen LogP contribution is -2.07. The normalized spacial score (nSPS) is 14.3. The smallest absolute Gasteiger partial charge is 0.161 e. The second-order valence-corrected chi connectivity index (χ2v) is 6.03. The fraction of sp³-hybridized carbons (Fsp3) is 0.333. The average Bonchev–Trinajstić information content (AvgIpc) is 3.27. The van der Waals surface area contributed by atoms with Crippen molar-refractivity contribution in [2.24, 2.45) is 0 Å². The second kappa shape index (κ2) is 5.55. The molecule has 0 radical (unpaired) electrons. The van der Waals surface area contributed by atoms with Gasteiger partial charge in [0.2, 0.25) is 0 Å². The Bertz CT molecular complexity index is 624. The lowest BCUT2D eigenvalue weighted by Gasteiger charge is -2.12. The summed E-state index contributed by atoms with van der Waals surface area (Å²) in [6, 6.07) is 7.04. The van der Waals surface area contributed by atoms with E-state index in [1.54, 1.807) is 12.1 Å². The molecule has 1 saturated carbocycles. The van der Waals surface area contributed by atoms with Crippen LogP contribution < -0.4 is 5.32 Å². The summed E-state index contributed by atoms with van der Waals surface area (Å²) in [7, 11) is 0. The number of hydrogen-bond acceptors (Lipinski definition) is 4. The van der Waals surface area contributed by atoms with Crippen molar-refractivity contribution in [2.75, 3.05) is 11.9 Å². The molecule has 2 N–H and O–H groups in total. The Balaban J connectivity index is 2.07. The van der Waals surface area contributed by atoms with Crippen molar-refractivity contribution < 1.29 is 5.11 Å². The topological polar surface area (TPSA) is 58.0 Å². The summed E-state index contributed by atoms with van der Waals surface area (Å²) in [4.78, 5) is 9.36. The molecule has 20 heavy (non-hydrogen) atoms. The van der Waals surface area contributed by atoms with Gasteiger partial charge in [-0.25, -0.2) is 9.97 Å². The summed E-state index contributed by atoms with van der Waals surface area (Å²) >= 11 is 2.33. The van der Waals surface area contributed by atoms with Gasteiger partial charge in [-0.3, -0.25) is 0 Å². The Morgan fingerprint density at radius 1 is 1.25 bits per heavy atom. The average molecular weight is 381 g/mol. The van der Waals surface area contributed by atoms with Crippen molar-refractivity contribution in [1.29, 1.82) is 0 Å². The third-order valence-corrected chi connectivity index (χ3v) is 4.37. The first kappa shape index (κ1) is 13.6. The molecule has 0 amide bonds. The van der Waals surface area contributed by atoms with E-state index in [0.717, 1.165) is 33.0 Å². The Labute approximate surface area is 131 Å². The van der Waals surface area contributed by atoms with Gasteiger partial charge in [0.05, 0.1) is 9.26 Å². The number of anilines is 1. The quantitative estimate of drug-likeness (QED) is 0.792. The number of nitrogens with zero attached hydrogens (tertiary/aromatic N) is 2. The minimum Gasteiger partial charge on any atom is -0.508 e. The summed E-state index contributed by atoms with van der Waals surface area (Å²) in [5.74, 6) is 2.48. The molecule has 1 fully saturated rings. The lowest BCUT2D eigenvalue weighted by molar-refractivity contribution is 0.475. The third-order valence-electron chi connectivity index (χ3n) is 3.31. The molecule has 4 nitrogen and oxygen atoms in total. The van der Waals surface area contributed by atoms with Crippen molar-refractivity contribution in [3.05, 3.63) is 33.5 Å². The van der Waals surface area contributed by atoms with E-state index in [1.807, 2.05) is 12.1 Å². The highest BCUT2D eigenvalue weighted by Gasteiger charge is 2.29. The van der Waals surface area contributed by atoms with Crippen LogP contribution in [0.2, 0.25) is 0 Å². The number of phenols is 1. The van der Waals surface area contributed by atoms with E-state index < -0.39 is 0 Å². The number of hydrogen-bond donors (Lipinski definition) is 2. The van der Waals surface area contributed by atoms with Crippen molar-refractivity contribution in [3.8, 4) is 17.1 Å². The molecule has 0 atom stereocenters. The van der Waals surface area contributed by atoms with Crippen LogP contribution in [0.15, 0.2) is 24.3 Å². The molecule has 0 saturated heterocycles. The number of aromatic hydroxyl groups is 1. The Kier molecular flexibility index (Phi) is 3.78. The molecule has 0 aliphatic heterocycles. The first-order valence-corrected chi connectivity index (χ1v) is 7.87. The first-order valence-electron chi connectivity index (χ1n) is 6.79. The van der Waals surface area contributed by atoms with Gasteiger partial charge in [0.15, 0.2) is 5.82 Å². The van der Waals surface area contributed by atoms with Crippen LogP contribution in [0.5, 0.6) is 5.75 Å². The first-order chi connectivity index (χ1) is 9.69. The van der Waals surface area contributed by atoms with Gasteiger partial charge >= 0.3 is 0 Å². The number of halogens is 1. The maximum Gasteiger partial charge on any atom is 0.161 e. The molecule has 0 unspecified atom stereocenters. The van der Waals surface area contributed by atoms with Gasteiger partial charge in [-0.15, -0.1) is 0 Å². The molecule has 104 valence electrons. The highest BCUT2D eigenvalue weighted by atomic mass is 127. The Morgan fingerprint density at radius 3 is 2.55 bits per heavy atom. The van der Waals surface area contributed by atoms with E-state index in [4.69, 9.17) is 4.98 Å². The number of aromatic nitrogens is 2. The molecule has 1 aromatic carbocycles. The van der Waals surface area contributed by atoms with Crippen molar-refractivity contribution in [1.82, 2.24) is 9.97 Å². The lowest BCUT2D eigenvalue weighted by atomic mass is 10.2. The SMILES string of the molecule is CCNc1nc(-c2ccc(O)cc2)nc(C2CC2)c1I. The van der Waals surface area contributed by atoms with Gasteiger partial charge in [-0.1, -0.05) is 0 Å². The van der Waals surface area contributed by atoms with E-state index in [2.05, 4.69) is 39.8 Å². The number of phenolic OH excluding ortho intramolecular Hbond substituents is 1. The minimum absolute atomic E-state index is 0.258. The summed E-state index contributed by atoms with van der Waals surface area (Å²) < 4.78 is 1.13. The molecular weight excluding hydrogens is 365 g/mol. The minimum atomic E-state index is 0.258. The van der Waals surface area contributed by atoms with Crippen molar-refractivity contribution in [3.63, 3.8) is 0 Å². The van der Waals surface area contributed by atoms with Crippen LogP contribution in [0.4, 0.5) is 5.82 Å². The van der Waals surface area contributed by atoms with Crippen LogP contribution in [0.1, 0.15) is 31.4 Å². The number of benzene rings is 1. The zero-order valence-corrected chi connectivity index (χ0v) is 13.4. The monoisotopic (exact) mass is 381 g/mol. The highest BCUT2D eigenvalue weighted by molar-refractivity contribution is 14.1. The van der Waals surface area contributed by atoms with E-state index in [1.165, 1.54) is 12.8 Å². The molecule has 0 spiro atoms. The zero-order chi connectivity index (χ0) is 14.1. The van der Waals surface area contributed by atoms with Crippen LogP contribution >= 0.6 is 22.6 Å². The van der Waals surface area contributed by atoms with E-state index in [9.17, 15) is 5.11 Å². The van der Waals surface area contributed by atoms with Crippen LogP contribution in [-0.2, 0) is 0 Å². The Morgan fingerprint density at radius 2 is 1.95 bits per heavy atom. The van der Waals surface area contributed by atoms with Gasteiger partial charge in [-0.05, 0) is 66.6 Å². The van der Waals surface area contributed by atoms with Crippen LogP contribution in [0, 0.1) is 3.57 Å². The molecule has 5 heteroatoms. The standard InChI is InChI=1S/C15H16IN3O/c1-2-17-15-12(16)13(9-3-4-9)18-14(19-15)10-5-7-11(20)8-6-10/h5-9,20H,2-4H2,1H3,(H,17,18,19). The van der Waals surface area contributed by atoms with Crippen molar-refractivity contribution in [2.45, 2.75) is 25.7 Å². The molecule has 3 rings (SSSR count). The molecule has 1 aromatic heterocycles.